The molecule has 20 heavy (non-hydrogen) atoms. The summed E-state index contributed by atoms with van der Waals surface area (Å²) in [5.41, 5.74) is 1.10. The molecule has 1 heterocycles. The van der Waals surface area contributed by atoms with Gasteiger partial charge in [0.15, 0.2) is 0 Å². The van der Waals surface area contributed by atoms with Gasteiger partial charge in [0.2, 0.25) is 11.8 Å². The summed E-state index contributed by atoms with van der Waals surface area (Å²) in [6.45, 7) is 4.31. The molecule has 1 N–H and O–H groups in total. The summed E-state index contributed by atoms with van der Waals surface area (Å²) in [5.74, 6) is 0.318. The second-order valence-corrected chi connectivity index (χ2v) is 4.09. The molecular formula is C14H16N4O2. The van der Waals surface area contributed by atoms with Crippen LogP contribution < -0.4 is 5.32 Å². The van der Waals surface area contributed by atoms with Crippen molar-refractivity contribution in [2.24, 2.45) is 0 Å². The number of esters is 1. The first-order chi connectivity index (χ1) is 9.69. The van der Waals surface area contributed by atoms with E-state index in [1.54, 1.807) is 13.8 Å². The molecule has 6 nitrogen and oxygen atoms in total. The molecule has 1 aromatic carbocycles. The lowest BCUT2D eigenvalue weighted by Crippen LogP contribution is -2.14. The highest BCUT2D eigenvalue weighted by atomic mass is 16.5. The molecule has 104 valence electrons. The average molecular weight is 272 g/mol. The maximum atomic E-state index is 11.6. The Labute approximate surface area is 117 Å². The van der Waals surface area contributed by atoms with Gasteiger partial charge < -0.3 is 10.1 Å². The summed E-state index contributed by atoms with van der Waals surface area (Å²) >= 11 is 0. The monoisotopic (exact) mass is 272 g/mol. The van der Waals surface area contributed by atoms with E-state index in [1.165, 1.54) is 0 Å². The van der Waals surface area contributed by atoms with Crippen LogP contribution in [-0.4, -0.2) is 27.5 Å². The molecule has 0 saturated heterocycles. The van der Waals surface area contributed by atoms with Crippen LogP contribution in [0.25, 0.3) is 0 Å². The molecule has 0 unspecified atom stereocenters. The van der Waals surface area contributed by atoms with E-state index >= 15 is 0 Å². The van der Waals surface area contributed by atoms with Crippen molar-refractivity contribution in [1.82, 2.24) is 15.0 Å². The van der Waals surface area contributed by atoms with Crippen molar-refractivity contribution in [2.45, 2.75) is 20.4 Å². The lowest BCUT2D eigenvalue weighted by molar-refractivity contribution is 0.0511. The van der Waals surface area contributed by atoms with Gasteiger partial charge in [0.1, 0.15) is 5.82 Å². The standard InChI is InChI=1S/C14H16N4O2/c1-3-20-13(19)12-16-10(2)17-14(18-12)15-9-11-7-5-4-6-8-11/h4-8H,3,9H2,1-2H3,(H,15,16,17,18). The summed E-state index contributed by atoms with van der Waals surface area (Å²) in [5, 5.41) is 3.07. The highest BCUT2D eigenvalue weighted by molar-refractivity contribution is 5.85. The van der Waals surface area contributed by atoms with Gasteiger partial charge in [-0.3, -0.25) is 0 Å². The van der Waals surface area contributed by atoms with E-state index in [0.717, 1.165) is 5.56 Å². The van der Waals surface area contributed by atoms with Crippen molar-refractivity contribution >= 4 is 11.9 Å². The Balaban J connectivity index is 2.10. The van der Waals surface area contributed by atoms with E-state index in [1.807, 2.05) is 30.3 Å². The summed E-state index contributed by atoms with van der Waals surface area (Å²) in [7, 11) is 0. The van der Waals surface area contributed by atoms with Crippen molar-refractivity contribution in [3.63, 3.8) is 0 Å². The Morgan fingerprint density at radius 2 is 1.95 bits per heavy atom. The molecule has 0 atom stereocenters. The predicted octanol–water partition coefficient (Wildman–Crippen LogP) is 1.97. The largest absolute Gasteiger partial charge is 0.460 e. The zero-order valence-electron chi connectivity index (χ0n) is 11.5. The molecule has 0 bridgehead atoms. The molecular weight excluding hydrogens is 256 g/mol. The zero-order valence-corrected chi connectivity index (χ0v) is 11.5. The Morgan fingerprint density at radius 3 is 2.65 bits per heavy atom. The number of nitrogens with one attached hydrogen (secondary N) is 1. The van der Waals surface area contributed by atoms with Crippen LogP contribution in [-0.2, 0) is 11.3 Å². The predicted molar refractivity (Wildman–Crippen MR) is 74.3 cm³/mol. The molecule has 2 rings (SSSR count). The van der Waals surface area contributed by atoms with Crippen LogP contribution in [0.1, 0.15) is 28.9 Å². The van der Waals surface area contributed by atoms with E-state index in [0.29, 0.717) is 18.3 Å². The third-order valence-corrected chi connectivity index (χ3v) is 2.50. The number of carbonyl (C=O) groups is 1. The van der Waals surface area contributed by atoms with Crippen molar-refractivity contribution in [3.05, 3.63) is 47.5 Å². The van der Waals surface area contributed by atoms with Crippen molar-refractivity contribution in [3.8, 4) is 0 Å². The molecule has 6 heteroatoms. The van der Waals surface area contributed by atoms with E-state index < -0.39 is 5.97 Å². The maximum absolute atomic E-state index is 11.6. The number of benzene rings is 1. The number of nitrogens with zero attached hydrogens (tertiary/aromatic N) is 3. The lowest BCUT2D eigenvalue weighted by atomic mass is 10.2. The Bertz CT molecular complexity index is 587. The normalized spacial score (nSPS) is 10.1. The van der Waals surface area contributed by atoms with Crippen LogP contribution in [0.15, 0.2) is 30.3 Å². The van der Waals surface area contributed by atoms with Gasteiger partial charge in [0, 0.05) is 6.54 Å². The first-order valence-electron chi connectivity index (χ1n) is 6.36. The fourth-order valence-electron chi connectivity index (χ4n) is 1.62. The lowest BCUT2D eigenvalue weighted by Gasteiger charge is -2.07. The minimum absolute atomic E-state index is 0.0231. The summed E-state index contributed by atoms with van der Waals surface area (Å²) in [4.78, 5) is 23.8. The van der Waals surface area contributed by atoms with Crippen LogP contribution in [0, 0.1) is 6.92 Å². The number of hydrogen-bond donors (Lipinski definition) is 1. The summed E-state index contributed by atoms with van der Waals surface area (Å²) in [6, 6.07) is 9.86. The van der Waals surface area contributed by atoms with E-state index in [9.17, 15) is 4.79 Å². The van der Waals surface area contributed by atoms with Crippen molar-refractivity contribution < 1.29 is 9.53 Å². The molecule has 0 fully saturated rings. The van der Waals surface area contributed by atoms with Crippen LogP contribution in [0.2, 0.25) is 0 Å². The smallest absolute Gasteiger partial charge is 0.376 e. The molecule has 0 aliphatic carbocycles. The molecule has 0 amide bonds. The number of aromatic nitrogens is 3. The topological polar surface area (TPSA) is 77.0 Å². The average Bonchev–Trinajstić information content (AvgIpc) is 2.46. The van der Waals surface area contributed by atoms with Gasteiger partial charge >= 0.3 is 5.97 Å². The number of carbonyl (C=O) groups excluding carboxylic acids is 1. The van der Waals surface area contributed by atoms with Gasteiger partial charge in [0.05, 0.1) is 6.61 Å². The van der Waals surface area contributed by atoms with Crippen LogP contribution in [0.3, 0.4) is 0 Å². The molecule has 2 aromatic rings. The highest BCUT2D eigenvalue weighted by Gasteiger charge is 2.13. The van der Waals surface area contributed by atoms with Crippen molar-refractivity contribution in [2.75, 3.05) is 11.9 Å². The molecule has 0 radical (unpaired) electrons. The maximum Gasteiger partial charge on any atom is 0.376 e. The van der Waals surface area contributed by atoms with Gasteiger partial charge in [-0.1, -0.05) is 30.3 Å². The Morgan fingerprint density at radius 1 is 1.20 bits per heavy atom. The Hall–Kier alpha value is -2.50. The molecule has 0 aliphatic heterocycles. The first kappa shape index (κ1) is 13.9. The number of anilines is 1. The summed E-state index contributed by atoms with van der Waals surface area (Å²) in [6.07, 6.45) is 0. The molecule has 0 saturated carbocycles. The second kappa shape index (κ2) is 6.60. The van der Waals surface area contributed by atoms with Gasteiger partial charge in [-0.25, -0.2) is 9.78 Å². The number of hydrogen-bond acceptors (Lipinski definition) is 6. The Kier molecular flexibility index (Phi) is 4.60. The van der Waals surface area contributed by atoms with Gasteiger partial charge in [-0.05, 0) is 19.4 Å². The first-order valence-corrected chi connectivity index (χ1v) is 6.36. The molecule has 1 aromatic heterocycles. The second-order valence-electron chi connectivity index (χ2n) is 4.09. The van der Waals surface area contributed by atoms with E-state index in [4.69, 9.17) is 4.74 Å². The molecule has 0 spiro atoms. The minimum Gasteiger partial charge on any atom is -0.460 e. The summed E-state index contributed by atoms with van der Waals surface area (Å²) < 4.78 is 4.88. The van der Waals surface area contributed by atoms with Crippen LogP contribution in [0.5, 0.6) is 0 Å². The number of ether oxygens (including phenoxy) is 1. The number of rotatable bonds is 5. The molecule has 0 aliphatic rings. The fourth-order valence-corrected chi connectivity index (χ4v) is 1.62. The van der Waals surface area contributed by atoms with E-state index in [2.05, 4.69) is 20.3 Å². The highest BCUT2D eigenvalue weighted by Crippen LogP contribution is 2.05. The third-order valence-electron chi connectivity index (χ3n) is 2.50. The SMILES string of the molecule is CCOC(=O)c1nc(C)nc(NCc2ccccc2)n1. The van der Waals surface area contributed by atoms with Gasteiger partial charge in [-0.2, -0.15) is 9.97 Å². The zero-order chi connectivity index (χ0) is 14.4. The van der Waals surface area contributed by atoms with Crippen LogP contribution in [0.4, 0.5) is 5.95 Å². The van der Waals surface area contributed by atoms with E-state index in [-0.39, 0.29) is 12.4 Å². The number of aryl methyl sites for hydroxylation is 1. The van der Waals surface area contributed by atoms with Gasteiger partial charge in [-0.15, -0.1) is 0 Å². The third kappa shape index (κ3) is 3.74. The quantitative estimate of drug-likeness (QED) is 0.838. The van der Waals surface area contributed by atoms with Crippen molar-refractivity contribution in [1.29, 1.82) is 0 Å². The van der Waals surface area contributed by atoms with Crippen LogP contribution >= 0.6 is 0 Å². The van der Waals surface area contributed by atoms with Gasteiger partial charge in [0.25, 0.3) is 0 Å². The minimum atomic E-state index is -0.541. The fraction of sp³-hybridized carbons (Fsp3) is 0.286.